The van der Waals surface area contributed by atoms with Crippen LogP contribution in [-0.2, 0) is 22.5 Å². The molecule has 1 aromatic heterocycles. The largest absolute Gasteiger partial charge is 0.507 e. The van der Waals surface area contributed by atoms with Crippen molar-refractivity contribution in [1.29, 1.82) is 0 Å². The predicted octanol–water partition coefficient (Wildman–Crippen LogP) is 4.68. The maximum atomic E-state index is 12.7. The fourth-order valence-electron chi connectivity index (χ4n) is 4.10. The summed E-state index contributed by atoms with van der Waals surface area (Å²) in [5.74, 6) is 0.0624. The first-order valence-electron chi connectivity index (χ1n) is 11.0. The number of aromatic nitrogens is 1. The van der Waals surface area contributed by atoms with Crippen LogP contribution >= 0.6 is 11.3 Å². The van der Waals surface area contributed by atoms with Crippen molar-refractivity contribution in [3.63, 3.8) is 0 Å². The Morgan fingerprint density at radius 2 is 1.85 bits per heavy atom. The van der Waals surface area contributed by atoms with Crippen LogP contribution in [0.3, 0.4) is 0 Å². The summed E-state index contributed by atoms with van der Waals surface area (Å²) < 4.78 is 5.43. The molecule has 0 unspecified atom stereocenters. The standard InChI is InChI=1S/C26H25N3O3S/c30-24-9-3-6-21-22(24)7-2-8-23(21)28-25(31)15-20-17-33-26(27-20)19-5-1-4-18(14-19)16-29-10-12-32-13-11-29/h1-9,14,17,30H,10-13,15-16H2,(H,28,31). The van der Waals surface area contributed by atoms with Gasteiger partial charge in [0.15, 0.2) is 0 Å². The number of phenols is 1. The molecule has 1 aliphatic heterocycles. The summed E-state index contributed by atoms with van der Waals surface area (Å²) >= 11 is 1.55. The van der Waals surface area contributed by atoms with Gasteiger partial charge in [-0.3, -0.25) is 9.69 Å². The predicted molar refractivity (Wildman–Crippen MR) is 132 cm³/mol. The van der Waals surface area contributed by atoms with Crippen molar-refractivity contribution in [1.82, 2.24) is 9.88 Å². The molecule has 0 bridgehead atoms. The molecule has 0 atom stereocenters. The van der Waals surface area contributed by atoms with Gasteiger partial charge in [0.25, 0.3) is 0 Å². The Labute approximate surface area is 196 Å². The van der Waals surface area contributed by atoms with Crippen LogP contribution in [0.5, 0.6) is 5.75 Å². The Morgan fingerprint density at radius 1 is 1.06 bits per heavy atom. The van der Waals surface area contributed by atoms with Gasteiger partial charge >= 0.3 is 0 Å². The van der Waals surface area contributed by atoms with E-state index in [1.807, 2.05) is 29.6 Å². The van der Waals surface area contributed by atoms with Gasteiger partial charge in [-0.2, -0.15) is 0 Å². The van der Waals surface area contributed by atoms with Crippen LogP contribution in [-0.4, -0.2) is 47.2 Å². The molecule has 168 valence electrons. The number of nitrogens with zero attached hydrogens (tertiary/aromatic N) is 2. The summed E-state index contributed by atoms with van der Waals surface area (Å²) in [6.45, 7) is 4.39. The minimum Gasteiger partial charge on any atom is -0.507 e. The zero-order valence-electron chi connectivity index (χ0n) is 18.2. The maximum absolute atomic E-state index is 12.7. The van der Waals surface area contributed by atoms with E-state index < -0.39 is 0 Å². The van der Waals surface area contributed by atoms with Crippen molar-refractivity contribution in [2.24, 2.45) is 0 Å². The number of carbonyl (C=O) groups is 1. The molecule has 1 fully saturated rings. The van der Waals surface area contributed by atoms with Gasteiger partial charge < -0.3 is 15.2 Å². The second-order valence-corrected chi connectivity index (χ2v) is 8.99. The quantitative estimate of drug-likeness (QED) is 0.438. The first kappa shape index (κ1) is 21.6. The highest BCUT2D eigenvalue weighted by atomic mass is 32.1. The van der Waals surface area contributed by atoms with Crippen LogP contribution in [0.4, 0.5) is 5.69 Å². The fraction of sp³-hybridized carbons (Fsp3) is 0.231. The molecule has 0 spiro atoms. The number of nitrogens with one attached hydrogen (secondary N) is 1. The molecule has 33 heavy (non-hydrogen) atoms. The number of fused-ring (bicyclic) bond motifs is 1. The number of hydrogen-bond acceptors (Lipinski definition) is 6. The molecule has 3 aromatic carbocycles. The molecule has 0 saturated carbocycles. The molecule has 2 N–H and O–H groups in total. The van der Waals surface area contributed by atoms with E-state index in [4.69, 9.17) is 9.72 Å². The lowest BCUT2D eigenvalue weighted by molar-refractivity contribution is -0.115. The van der Waals surface area contributed by atoms with E-state index in [9.17, 15) is 9.90 Å². The molecule has 7 heteroatoms. The third-order valence-corrected chi connectivity index (χ3v) is 6.69. The number of ether oxygens (including phenoxy) is 1. The maximum Gasteiger partial charge on any atom is 0.230 e. The number of rotatable bonds is 6. The molecular formula is C26H25N3O3S. The number of thiazole rings is 1. The van der Waals surface area contributed by atoms with E-state index in [1.54, 1.807) is 23.5 Å². The lowest BCUT2D eigenvalue weighted by Crippen LogP contribution is -2.35. The van der Waals surface area contributed by atoms with Crippen LogP contribution in [0.15, 0.2) is 66.0 Å². The number of aromatic hydroxyl groups is 1. The smallest absolute Gasteiger partial charge is 0.230 e. The number of hydrogen-bond donors (Lipinski definition) is 2. The van der Waals surface area contributed by atoms with Crippen molar-refractivity contribution in [3.05, 3.63) is 77.3 Å². The monoisotopic (exact) mass is 459 g/mol. The summed E-state index contributed by atoms with van der Waals surface area (Å²) in [6, 6.07) is 19.2. The van der Waals surface area contributed by atoms with Gasteiger partial charge in [-0.25, -0.2) is 4.98 Å². The molecule has 1 amide bonds. The first-order chi connectivity index (χ1) is 16.2. The van der Waals surface area contributed by atoms with Crippen molar-refractivity contribution < 1.29 is 14.6 Å². The highest BCUT2D eigenvalue weighted by Crippen LogP contribution is 2.30. The van der Waals surface area contributed by atoms with Crippen LogP contribution in [0.25, 0.3) is 21.3 Å². The second-order valence-electron chi connectivity index (χ2n) is 8.14. The Balaban J connectivity index is 1.26. The molecule has 1 aliphatic rings. The zero-order chi connectivity index (χ0) is 22.6. The van der Waals surface area contributed by atoms with Gasteiger partial charge in [-0.15, -0.1) is 11.3 Å². The molecular weight excluding hydrogens is 434 g/mol. The third-order valence-electron chi connectivity index (χ3n) is 5.75. The van der Waals surface area contributed by atoms with E-state index in [1.165, 1.54) is 5.56 Å². The highest BCUT2D eigenvalue weighted by Gasteiger charge is 2.14. The van der Waals surface area contributed by atoms with Gasteiger partial charge in [0.1, 0.15) is 10.8 Å². The zero-order valence-corrected chi connectivity index (χ0v) is 19.0. The number of anilines is 1. The topological polar surface area (TPSA) is 74.7 Å². The van der Waals surface area contributed by atoms with Crippen molar-refractivity contribution >= 4 is 33.7 Å². The molecule has 5 rings (SSSR count). The summed E-state index contributed by atoms with van der Waals surface area (Å²) in [5.41, 5.74) is 3.75. The van der Waals surface area contributed by atoms with Gasteiger partial charge in [0, 0.05) is 47.0 Å². The van der Waals surface area contributed by atoms with E-state index in [0.29, 0.717) is 11.1 Å². The Kier molecular flexibility index (Phi) is 6.35. The summed E-state index contributed by atoms with van der Waals surface area (Å²) in [7, 11) is 0. The molecule has 0 aliphatic carbocycles. The average molecular weight is 460 g/mol. The van der Waals surface area contributed by atoms with E-state index in [-0.39, 0.29) is 18.1 Å². The number of amides is 1. The lowest BCUT2D eigenvalue weighted by Gasteiger charge is -2.26. The van der Waals surface area contributed by atoms with Gasteiger partial charge in [-0.05, 0) is 23.8 Å². The highest BCUT2D eigenvalue weighted by molar-refractivity contribution is 7.13. The van der Waals surface area contributed by atoms with E-state index in [2.05, 4.69) is 34.5 Å². The molecule has 1 saturated heterocycles. The normalized spacial score (nSPS) is 14.4. The fourth-order valence-corrected chi connectivity index (χ4v) is 4.92. The van der Waals surface area contributed by atoms with Crippen LogP contribution in [0, 0.1) is 0 Å². The first-order valence-corrected chi connectivity index (χ1v) is 11.9. The minimum absolute atomic E-state index is 0.135. The molecule has 2 heterocycles. The number of phenolic OH excluding ortho intramolecular Hbond substituents is 1. The second kappa shape index (κ2) is 9.70. The van der Waals surface area contributed by atoms with E-state index >= 15 is 0 Å². The number of carbonyl (C=O) groups excluding carboxylic acids is 1. The minimum atomic E-state index is -0.135. The van der Waals surface area contributed by atoms with E-state index in [0.717, 1.165) is 54.5 Å². The van der Waals surface area contributed by atoms with Crippen LogP contribution in [0.2, 0.25) is 0 Å². The molecule has 4 aromatic rings. The van der Waals surface area contributed by atoms with Crippen molar-refractivity contribution in [3.8, 4) is 16.3 Å². The Bertz CT molecular complexity index is 1280. The van der Waals surface area contributed by atoms with Crippen LogP contribution in [0.1, 0.15) is 11.3 Å². The number of benzene rings is 3. The molecule has 0 radical (unpaired) electrons. The average Bonchev–Trinajstić information content (AvgIpc) is 3.29. The lowest BCUT2D eigenvalue weighted by atomic mass is 10.1. The van der Waals surface area contributed by atoms with Crippen LogP contribution < -0.4 is 5.32 Å². The summed E-state index contributed by atoms with van der Waals surface area (Å²) in [5, 5.41) is 17.4. The summed E-state index contributed by atoms with van der Waals surface area (Å²) in [4.78, 5) is 19.8. The third kappa shape index (κ3) is 5.06. The van der Waals surface area contributed by atoms with Crippen molar-refractivity contribution in [2.45, 2.75) is 13.0 Å². The Hall–Kier alpha value is -3.26. The van der Waals surface area contributed by atoms with Gasteiger partial charge in [0.05, 0.1) is 25.3 Å². The SMILES string of the molecule is O=C(Cc1csc(-c2cccc(CN3CCOCC3)c2)n1)Nc1cccc2c(O)cccc12. The number of morpholine rings is 1. The summed E-state index contributed by atoms with van der Waals surface area (Å²) in [6.07, 6.45) is 0.194. The van der Waals surface area contributed by atoms with Gasteiger partial charge in [0.2, 0.25) is 5.91 Å². The van der Waals surface area contributed by atoms with Gasteiger partial charge in [-0.1, -0.05) is 42.5 Å². The Morgan fingerprint density at radius 3 is 2.73 bits per heavy atom. The van der Waals surface area contributed by atoms with Crippen molar-refractivity contribution in [2.75, 3.05) is 31.6 Å². The molecule has 6 nitrogen and oxygen atoms in total.